The lowest BCUT2D eigenvalue weighted by Crippen LogP contribution is -2.36. The molecule has 0 amide bonds. The Kier molecular flexibility index (Phi) is 4.04. The van der Waals surface area contributed by atoms with Crippen LogP contribution < -0.4 is 10.5 Å². The summed E-state index contributed by atoms with van der Waals surface area (Å²) < 4.78 is 1.78. The lowest BCUT2D eigenvalue weighted by Gasteiger charge is -2.33. The van der Waals surface area contributed by atoms with E-state index in [9.17, 15) is 4.79 Å². The molecule has 1 saturated carbocycles. The molecule has 1 aliphatic carbocycles. The Labute approximate surface area is 141 Å². The van der Waals surface area contributed by atoms with Gasteiger partial charge in [-0.1, -0.05) is 0 Å². The van der Waals surface area contributed by atoms with Crippen LogP contribution in [-0.2, 0) is 6.54 Å². The van der Waals surface area contributed by atoms with Crippen LogP contribution in [0.5, 0.6) is 0 Å². The third kappa shape index (κ3) is 3.32. The van der Waals surface area contributed by atoms with E-state index in [2.05, 4.69) is 19.9 Å². The highest BCUT2D eigenvalue weighted by molar-refractivity contribution is 5.38. The van der Waals surface area contributed by atoms with Crippen molar-refractivity contribution in [1.82, 2.24) is 19.5 Å². The van der Waals surface area contributed by atoms with Gasteiger partial charge in [0.05, 0.1) is 12.0 Å². The van der Waals surface area contributed by atoms with E-state index >= 15 is 0 Å². The topological polar surface area (TPSA) is 63.9 Å². The molecule has 0 atom stereocenters. The molecule has 0 N–H and O–H groups in total. The van der Waals surface area contributed by atoms with Gasteiger partial charge in [0, 0.05) is 43.4 Å². The summed E-state index contributed by atoms with van der Waals surface area (Å²) in [6.07, 6.45) is 7.87. The molecule has 24 heavy (non-hydrogen) atoms. The minimum Gasteiger partial charge on any atom is -0.356 e. The number of piperidine rings is 1. The number of hydrogen-bond donors (Lipinski definition) is 0. The molecule has 1 saturated heterocycles. The van der Waals surface area contributed by atoms with E-state index in [-0.39, 0.29) is 5.56 Å². The molecular formula is C18H23N5O. The monoisotopic (exact) mass is 325 g/mol. The van der Waals surface area contributed by atoms with Crippen LogP contribution in [0.25, 0.3) is 0 Å². The van der Waals surface area contributed by atoms with Crippen LogP contribution in [0.2, 0.25) is 0 Å². The summed E-state index contributed by atoms with van der Waals surface area (Å²) in [5.41, 5.74) is 2.07. The first-order valence-corrected chi connectivity index (χ1v) is 8.79. The van der Waals surface area contributed by atoms with Crippen molar-refractivity contribution in [3.8, 4) is 0 Å². The second kappa shape index (κ2) is 6.34. The van der Waals surface area contributed by atoms with Gasteiger partial charge in [0.15, 0.2) is 0 Å². The first-order valence-electron chi connectivity index (χ1n) is 8.79. The van der Waals surface area contributed by atoms with E-state index in [1.165, 1.54) is 12.8 Å². The fraction of sp³-hybridized carbons (Fsp3) is 0.556. The van der Waals surface area contributed by atoms with Gasteiger partial charge in [0.2, 0.25) is 0 Å². The minimum absolute atomic E-state index is 0.0979. The Balaban J connectivity index is 1.37. The maximum atomic E-state index is 12.3. The van der Waals surface area contributed by atoms with Gasteiger partial charge >= 0.3 is 0 Å². The Morgan fingerprint density at radius 3 is 2.54 bits per heavy atom. The molecule has 0 radical (unpaired) electrons. The summed E-state index contributed by atoms with van der Waals surface area (Å²) in [7, 11) is 0. The van der Waals surface area contributed by atoms with Gasteiger partial charge < -0.3 is 4.90 Å². The highest BCUT2D eigenvalue weighted by atomic mass is 16.1. The Morgan fingerprint density at radius 2 is 1.88 bits per heavy atom. The third-order valence-electron chi connectivity index (χ3n) is 5.08. The fourth-order valence-electron chi connectivity index (χ4n) is 3.42. The molecule has 3 heterocycles. The maximum Gasteiger partial charge on any atom is 0.253 e. The van der Waals surface area contributed by atoms with Crippen molar-refractivity contribution in [3.63, 3.8) is 0 Å². The molecule has 1 aliphatic heterocycles. The van der Waals surface area contributed by atoms with E-state index in [0.717, 1.165) is 49.7 Å². The zero-order chi connectivity index (χ0) is 16.5. The van der Waals surface area contributed by atoms with E-state index in [0.29, 0.717) is 11.8 Å². The fourth-order valence-corrected chi connectivity index (χ4v) is 3.42. The average molecular weight is 325 g/mol. The van der Waals surface area contributed by atoms with Gasteiger partial charge in [-0.15, -0.1) is 0 Å². The molecule has 4 rings (SSSR count). The second-order valence-electron chi connectivity index (χ2n) is 7.03. The lowest BCUT2D eigenvalue weighted by molar-refractivity contribution is 0.350. The number of aromatic nitrogens is 4. The summed E-state index contributed by atoms with van der Waals surface area (Å²) in [6, 6.07) is 3.77. The predicted molar refractivity (Wildman–Crippen MR) is 92.2 cm³/mol. The normalized spacial score (nSPS) is 18.8. The molecule has 2 aromatic rings. The minimum atomic E-state index is 0.0979. The van der Waals surface area contributed by atoms with Crippen molar-refractivity contribution in [1.29, 1.82) is 0 Å². The molecule has 2 aliphatic rings. The van der Waals surface area contributed by atoms with E-state index in [1.807, 2.05) is 13.0 Å². The SMILES string of the molecule is Cc1cc(N2CCC(Cn3cnc(C4CC4)cc3=O)CC2)ncn1. The van der Waals surface area contributed by atoms with Crippen molar-refractivity contribution in [3.05, 3.63) is 46.5 Å². The quantitative estimate of drug-likeness (QED) is 0.862. The van der Waals surface area contributed by atoms with Crippen LogP contribution in [0.1, 0.15) is 43.0 Å². The molecule has 6 heteroatoms. The molecule has 0 unspecified atom stereocenters. The van der Waals surface area contributed by atoms with E-state index in [1.54, 1.807) is 23.3 Å². The predicted octanol–water partition coefficient (Wildman–Crippen LogP) is 2.14. The van der Waals surface area contributed by atoms with Crippen LogP contribution >= 0.6 is 0 Å². The average Bonchev–Trinajstić information content (AvgIpc) is 3.42. The Hall–Kier alpha value is -2.24. The van der Waals surface area contributed by atoms with Crippen LogP contribution in [0.4, 0.5) is 5.82 Å². The highest BCUT2D eigenvalue weighted by Gasteiger charge is 2.26. The number of nitrogens with zero attached hydrogens (tertiary/aromatic N) is 5. The molecule has 0 aromatic carbocycles. The standard InChI is InChI=1S/C18H23N5O/c1-13-8-17(20-11-19-13)22-6-4-14(5-7-22)10-23-12-21-16(9-18(23)24)15-2-3-15/h8-9,11-12,14-15H,2-7,10H2,1H3. The maximum absolute atomic E-state index is 12.3. The number of rotatable bonds is 4. The van der Waals surface area contributed by atoms with Crippen molar-refractivity contribution in [2.75, 3.05) is 18.0 Å². The summed E-state index contributed by atoms with van der Waals surface area (Å²) in [4.78, 5) is 27.6. The van der Waals surface area contributed by atoms with Crippen LogP contribution in [0.15, 0.2) is 29.6 Å². The molecule has 126 valence electrons. The van der Waals surface area contributed by atoms with Crippen LogP contribution in [-0.4, -0.2) is 32.6 Å². The van der Waals surface area contributed by atoms with Crippen molar-refractivity contribution < 1.29 is 0 Å². The van der Waals surface area contributed by atoms with Gasteiger partial charge in [-0.25, -0.2) is 15.0 Å². The van der Waals surface area contributed by atoms with Crippen molar-refractivity contribution in [2.24, 2.45) is 5.92 Å². The molecule has 2 aromatic heterocycles. The summed E-state index contributed by atoms with van der Waals surface area (Å²) in [6.45, 7) is 4.71. The lowest BCUT2D eigenvalue weighted by atomic mass is 9.96. The number of hydrogen-bond acceptors (Lipinski definition) is 5. The molecule has 6 nitrogen and oxygen atoms in total. The smallest absolute Gasteiger partial charge is 0.253 e. The van der Waals surface area contributed by atoms with Crippen molar-refractivity contribution in [2.45, 2.75) is 45.1 Å². The van der Waals surface area contributed by atoms with Gasteiger partial charge in [-0.05, 0) is 38.5 Å². The second-order valence-corrected chi connectivity index (χ2v) is 7.03. The highest BCUT2D eigenvalue weighted by Crippen LogP contribution is 2.38. The Morgan fingerprint density at radius 1 is 1.08 bits per heavy atom. The number of anilines is 1. The van der Waals surface area contributed by atoms with E-state index in [4.69, 9.17) is 0 Å². The molecule has 0 bridgehead atoms. The largest absolute Gasteiger partial charge is 0.356 e. The zero-order valence-corrected chi connectivity index (χ0v) is 14.1. The summed E-state index contributed by atoms with van der Waals surface area (Å²) in [5, 5.41) is 0. The first-order chi connectivity index (χ1) is 11.7. The van der Waals surface area contributed by atoms with Gasteiger partial charge in [0.25, 0.3) is 5.56 Å². The molecule has 2 fully saturated rings. The van der Waals surface area contributed by atoms with Crippen LogP contribution in [0, 0.1) is 12.8 Å². The Bertz CT molecular complexity index is 775. The third-order valence-corrected chi connectivity index (χ3v) is 5.08. The first kappa shape index (κ1) is 15.3. The van der Waals surface area contributed by atoms with Gasteiger partial charge in [-0.2, -0.15) is 0 Å². The van der Waals surface area contributed by atoms with E-state index < -0.39 is 0 Å². The van der Waals surface area contributed by atoms with Gasteiger partial charge in [-0.3, -0.25) is 9.36 Å². The summed E-state index contributed by atoms with van der Waals surface area (Å²) >= 11 is 0. The number of aryl methyl sites for hydroxylation is 1. The molecule has 0 spiro atoms. The van der Waals surface area contributed by atoms with Gasteiger partial charge in [0.1, 0.15) is 12.1 Å². The molecular weight excluding hydrogens is 302 g/mol. The van der Waals surface area contributed by atoms with Crippen LogP contribution in [0.3, 0.4) is 0 Å². The summed E-state index contributed by atoms with van der Waals surface area (Å²) in [5.74, 6) is 2.07. The zero-order valence-electron chi connectivity index (χ0n) is 14.1. The van der Waals surface area contributed by atoms with Crippen molar-refractivity contribution >= 4 is 5.82 Å².